The van der Waals surface area contributed by atoms with Crippen molar-refractivity contribution in [1.82, 2.24) is 25.2 Å². The number of allylic oxidation sites excluding steroid dienone is 1. The lowest BCUT2D eigenvalue weighted by Crippen LogP contribution is -2.59. The van der Waals surface area contributed by atoms with E-state index in [0.717, 1.165) is 11.3 Å². The van der Waals surface area contributed by atoms with Gasteiger partial charge in [-0.3, -0.25) is 19.1 Å². The first-order valence-electron chi connectivity index (χ1n) is 20.9. The summed E-state index contributed by atoms with van der Waals surface area (Å²) in [6.45, 7) is 4.13. The Morgan fingerprint density at radius 3 is 2.44 bits per heavy atom. The number of benzene rings is 1. The fraction of sp³-hybridized carbons (Fsp3) is 0.643. The number of sulfonamides is 1. The Kier molecular flexibility index (Phi) is 10.4. The number of methoxy groups -OCH3 is 1. The van der Waals surface area contributed by atoms with E-state index >= 15 is 0 Å². The van der Waals surface area contributed by atoms with Crippen LogP contribution in [0.5, 0.6) is 11.5 Å². The molecule has 0 bridgehead atoms. The molecule has 3 aliphatic carbocycles. The molecule has 8 rings (SSSR count). The molecule has 3 saturated carbocycles. The normalized spacial score (nSPS) is 32.3. The molecule has 61 heavy (non-hydrogen) atoms. The summed E-state index contributed by atoms with van der Waals surface area (Å²) in [7, 11) is -2.75. The maximum Gasteiger partial charge on any atom is 0.437 e. The Morgan fingerprint density at radius 2 is 1.79 bits per heavy atom. The largest absolute Gasteiger partial charge is 0.497 e. The van der Waals surface area contributed by atoms with E-state index in [1.807, 2.05) is 6.08 Å². The molecule has 4 heterocycles. The van der Waals surface area contributed by atoms with E-state index in [4.69, 9.17) is 14.2 Å². The third-order valence-corrected chi connectivity index (χ3v) is 15.8. The van der Waals surface area contributed by atoms with Crippen molar-refractivity contribution in [2.45, 2.75) is 150 Å². The zero-order valence-corrected chi connectivity index (χ0v) is 35.4. The topological polar surface area (TPSA) is 203 Å². The first kappa shape index (κ1) is 43.0. The minimum Gasteiger partial charge on any atom is -0.497 e. The predicted octanol–water partition coefficient (Wildman–Crippen LogP) is 5.02. The highest BCUT2D eigenvalue weighted by molar-refractivity contribution is 7.91. The van der Waals surface area contributed by atoms with E-state index in [2.05, 4.69) is 20.3 Å². The van der Waals surface area contributed by atoms with Gasteiger partial charge in [0.2, 0.25) is 21.8 Å². The van der Waals surface area contributed by atoms with Gasteiger partial charge in [0.1, 0.15) is 34.6 Å². The fourth-order valence-electron chi connectivity index (χ4n) is 9.51. The van der Waals surface area contributed by atoms with Crippen LogP contribution in [0, 0.1) is 5.92 Å². The fourth-order valence-corrected chi connectivity index (χ4v) is 10.8. The summed E-state index contributed by atoms with van der Waals surface area (Å²) < 4.78 is 89.8. The van der Waals surface area contributed by atoms with Gasteiger partial charge < -0.3 is 34.9 Å². The second kappa shape index (κ2) is 14.7. The van der Waals surface area contributed by atoms with Gasteiger partial charge in [-0.15, -0.1) is 0 Å². The quantitative estimate of drug-likeness (QED) is 0.284. The zero-order valence-electron chi connectivity index (χ0n) is 34.6. The molecular formula is C42H52F3N5O10S. The van der Waals surface area contributed by atoms with Gasteiger partial charge in [0.05, 0.1) is 29.5 Å². The maximum atomic E-state index is 14.9. The highest BCUT2D eigenvalue weighted by Crippen LogP contribution is 2.55. The number of pyridine rings is 1. The molecule has 1 aromatic carbocycles. The molecule has 6 aliphatic rings. The summed E-state index contributed by atoms with van der Waals surface area (Å²) in [5, 5.41) is 17.9. The summed E-state index contributed by atoms with van der Waals surface area (Å²) in [4.78, 5) is 62.0. The second-order valence-electron chi connectivity index (χ2n) is 18.6. The van der Waals surface area contributed by atoms with Crippen LogP contribution in [0.1, 0.15) is 115 Å². The first-order chi connectivity index (χ1) is 28.5. The molecule has 332 valence electrons. The molecule has 19 heteroatoms. The molecule has 6 atom stereocenters. The summed E-state index contributed by atoms with van der Waals surface area (Å²) in [5.41, 5.74) is -8.03. The van der Waals surface area contributed by atoms with Crippen molar-refractivity contribution >= 4 is 44.7 Å². The molecular weight excluding hydrogens is 824 g/mol. The lowest BCUT2D eigenvalue weighted by atomic mass is 9.77. The van der Waals surface area contributed by atoms with Gasteiger partial charge in [0, 0.05) is 29.7 Å². The smallest absolute Gasteiger partial charge is 0.437 e. The third-order valence-electron chi connectivity index (χ3n) is 13.6. The van der Waals surface area contributed by atoms with Gasteiger partial charge in [-0.05, 0) is 96.8 Å². The Morgan fingerprint density at radius 1 is 1.05 bits per heavy atom. The lowest BCUT2D eigenvalue weighted by Gasteiger charge is -2.44. The van der Waals surface area contributed by atoms with Crippen LogP contribution in [0.4, 0.5) is 18.0 Å². The van der Waals surface area contributed by atoms with Crippen LogP contribution in [-0.2, 0) is 40.9 Å². The second-order valence-corrected chi connectivity index (χ2v) is 20.8. The molecule has 1 unspecified atom stereocenters. The van der Waals surface area contributed by atoms with E-state index in [0.29, 0.717) is 51.4 Å². The number of carbonyl (C=O) groups is 4. The molecule has 1 spiro atoms. The van der Waals surface area contributed by atoms with Gasteiger partial charge in [-0.2, -0.15) is 13.2 Å². The van der Waals surface area contributed by atoms with Crippen molar-refractivity contribution in [2.24, 2.45) is 5.92 Å². The number of rotatable bonds is 6. The Labute approximate surface area is 351 Å². The Hall–Kier alpha value is -4.65. The minimum absolute atomic E-state index is 0.0453. The van der Waals surface area contributed by atoms with Gasteiger partial charge in [-0.1, -0.05) is 25.0 Å². The van der Waals surface area contributed by atoms with Crippen LogP contribution in [0.25, 0.3) is 10.9 Å². The van der Waals surface area contributed by atoms with E-state index in [-0.39, 0.29) is 41.5 Å². The number of aliphatic hydroxyl groups is 1. The molecule has 1 saturated heterocycles. The molecule has 3 aliphatic heterocycles. The zero-order chi connectivity index (χ0) is 44.0. The SMILES string of the molecule is COc1ccc2nc(C(F)(F)F)c3c(c2c1)C(C)(O)C[C@]1(C[C@H]2C(=O)N[C@]4(C(=O)NS(=O)(=O)C5(C)CC5)C[C@H]4/C=C\CCCCC[C@H](NC(=O)OC4(C)CCC4)C(=O)N2C1)O3. The number of alkyl halides is 3. The van der Waals surface area contributed by atoms with Crippen LogP contribution in [0.2, 0.25) is 0 Å². The predicted molar refractivity (Wildman–Crippen MR) is 213 cm³/mol. The average molecular weight is 876 g/mol. The van der Waals surface area contributed by atoms with Crippen LogP contribution in [0.15, 0.2) is 30.4 Å². The first-order valence-corrected chi connectivity index (χ1v) is 22.4. The molecule has 4 amide bonds. The summed E-state index contributed by atoms with van der Waals surface area (Å²) in [5.74, 6) is -3.67. The third kappa shape index (κ3) is 7.88. The van der Waals surface area contributed by atoms with Crippen molar-refractivity contribution in [2.75, 3.05) is 13.7 Å². The highest BCUT2D eigenvalue weighted by Gasteiger charge is 2.65. The van der Waals surface area contributed by atoms with Gasteiger partial charge >= 0.3 is 12.3 Å². The average Bonchev–Trinajstić information content (AvgIpc) is 4.06. The molecule has 1 aromatic heterocycles. The van der Waals surface area contributed by atoms with Crippen LogP contribution in [0.3, 0.4) is 0 Å². The van der Waals surface area contributed by atoms with Crippen molar-refractivity contribution in [3.05, 3.63) is 41.6 Å². The number of hydrogen-bond acceptors (Lipinski definition) is 11. The number of carbonyl (C=O) groups excluding carboxylic acids is 4. The van der Waals surface area contributed by atoms with Crippen molar-refractivity contribution in [1.29, 1.82) is 0 Å². The number of nitrogens with zero attached hydrogens (tertiary/aromatic N) is 2. The van der Waals surface area contributed by atoms with E-state index in [1.165, 1.54) is 39.2 Å². The molecule has 4 N–H and O–H groups in total. The summed E-state index contributed by atoms with van der Waals surface area (Å²) in [6.07, 6.45) is 2.27. The van der Waals surface area contributed by atoms with Crippen molar-refractivity contribution in [3.63, 3.8) is 0 Å². The maximum absolute atomic E-state index is 14.9. The van der Waals surface area contributed by atoms with Crippen LogP contribution >= 0.6 is 0 Å². The van der Waals surface area contributed by atoms with Crippen LogP contribution < -0.4 is 24.8 Å². The van der Waals surface area contributed by atoms with E-state index < -0.39 is 110 Å². The monoisotopic (exact) mass is 875 g/mol. The van der Waals surface area contributed by atoms with Crippen LogP contribution in [-0.4, -0.2) is 94.4 Å². The lowest BCUT2D eigenvalue weighted by molar-refractivity contribution is -0.147. The van der Waals surface area contributed by atoms with Crippen molar-refractivity contribution in [3.8, 4) is 11.5 Å². The molecule has 4 fully saturated rings. The number of ether oxygens (including phenoxy) is 3. The van der Waals surface area contributed by atoms with Gasteiger partial charge in [0.15, 0.2) is 11.4 Å². The van der Waals surface area contributed by atoms with Gasteiger partial charge in [-0.25, -0.2) is 18.2 Å². The summed E-state index contributed by atoms with van der Waals surface area (Å²) in [6, 6.07) is 1.47. The number of aromatic nitrogens is 1. The number of fused-ring (bicyclic) bond motifs is 5. The number of hydrogen-bond donors (Lipinski definition) is 4. The highest BCUT2D eigenvalue weighted by atomic mass is 32.2. The number of nitrogens with one attached hydrogen (secondary N) is 3. The van der Waals surface area contributed by atoms with E-state index in [9.17, 15) is 45.9 Å². The van der Waals surface area contributed by atoms with E-state index in [1.54, 1.807) is 13.0 Å². The molecule has 15 nitrogen and oxygen atoms in total. The van der Waals surface area contributed by atoms with Crippen molar-refractivity contribution < 1.29 is 60.1 Å². The van der Waals surface area contributed by atoms with Gasteiger partial charge in [0.25, 0.3) is 5.91 Å². The minimum atomic E-state index is -5.07. The Bertz CT molecular complexity index is 2310. The standard InChI is InChI=1S/C42H52F3N5O10S/c1-37(15-10-16-37)60-36(54)47-28-12-9-7-5-6-8-11-24-20-41(24,35(53)49-61(56,57)38(2)17-18-38)48-33(51)29-21-40(23-50(29)34(28)52)22-39(3,55)30-26-19-25(58-4)13-14-27(26)46-32(31(30)59-40)42(43,44)45/h8,11,13-14,19,24,28-29,55H,5-7,9-10,12,15-18,20-23H2,1-4H3,(H,47,54)(H,48,51)(H,49,53)/b11-8-/t24-,28+,29+,39?,40+,41-/m1/s1. The number of halogens is 3. The number of alkyl carbamates (subject to hydrolysis) is 1. The summed E-state index contributed by atoms with van der Waals surface area (Å²) >= 11 is 0. The number of amides is 4. The molecule has 0 radical (unpaired) electrons. The molecule has 2 aromatic rings. The Balaban J connectivity index is 1.19.